The minimum Gasteiger partial charge on any atom is -0.361 e. The number of hydrogen-bond donors (Lipinski definition) is 1. The summed E-state index contributed by atoms with van der Waals surface area (Å²) in [4.78, 5) is 5.93. The van der Waals surface area contributed by atoms with Gasteiger partial charge in [0.05, 0.1) is 12.3 Å². The van der Waals surface area contributed by atoms with Gasteiger partial charge in [-0.05, 0) is 28.3 Å². The van der Waals surface area contributed by atoms with Crippen molar-refractivity contribution in [2.45, 2.75) is 6.04 Å². The number of para-hydroxylation sites is 1. The fourth-order valence-corrected chi connectivity index (χ4v) is 4.95. The van der Waals surface area contributed by atoms with E-state index in [-0.39, 0.29) is 0 Å². The molecular formula is C26H24N4. The van der Waals surface area contributed by atoms with E-state index in [4.69, 9.17) is 5.10 Å². The minimum atomic E-state index is 0.358. The van der Waals surface area contributed by atoms with Crippen molar-refractivity contribution in [1.82, 2.24) is 14.9 Å². The summed E-state index contributed by atoms with van der Waals surface area (Å²) in [5.41, 5.74) is 7.95. The van der Waals surface area contributed by atoms with Gasteiger partial charge >= 0.3 is 0 Å². The molecule has 0 amide bonds. The summed E-state index contributed by atoms with van der Waals surface area (Å²) in [5.74, 6) is 0. The van der Waals surface area contributed by atoms with Crippen molar-refractivity contribution in [3.63, 3.8) is 0 Å². The Morgan fingerprint density at radius 2 is 1.40 bits per heavy atom. The van der Waals surface area contributed by atoms with Crippen LogP contribution in [0.15, 0.2) is 84.1 Å². The number of aromatic nitrogens is 1. The minimum absolute atomic E-state index is 0.358. The zero-order valence-electron chi connectivity index (χ0n) is 16.8. The lowest BCUT2D eigenvalue weighted by atomic mass is 10.0. The molecule has 1 saturated heterocycles. The first-order valence-electron chi connectivity index (χ1n) is 10.7. The van der Waals surface area contributed by atoms with Crippen molar-refractivity contribution in [2.24, 2.45) is 5.10 Å². The molecule has 0 atom stereocenters. The van der Waals surface area contributed by atoms with E-state index >= 15 is 0 Å². The molecule has 1 fully saturated rings. The lowest BCUT2D eigenvalue weighted by Crippen LogP contribution is -2.45. The van der Waals surface area contributed by atoms with E-state index in [2.05, 4.69) is 87.7 Å². The third-order valence-electron chi connectivity index (χ3n) is 6.44. The standard InChI is InChI=1S/C26H24N4/c1-3-10-23-21(8-1)22-9-2-4-11-24(22)26(23)29-13-15-30(16-14-29)28-18-19-17-27-25-12-6-5-7-20(19)25/h1-12,17-18,26-27H,13-16H2/b28-18+. The highest BCUT2D eigenvalue weighted by molar-refractivity contribution is 5.98. The van der Waals surface area contributed by atoms with Gasteiger partial charge in [-0.2, -0.15) is 5.10 Å². The van der Waals surface area contributed by atoms with Gasteiger partial charge in [0, 0.05) is 48.8 Å². The highest BCUT2D eigenvalue weighted by Crippen LogP contribution is 2.46. The number of benzene rings is 3. The van der Waals surface area contributed by atoms with E-state index in [1.165, 1.54) is 27.6 Å². The van der Waals surface area contributed by atoms with Crippen LogP contribution in [0, 0.1) is 0 Å². The van der Waals surface area contributed by atoms with Crippen LogP contribution < -0.4 is 0 Å². The number of piperazine rings is 1. The van der Waals surface area contributed by atoms with E-state index in [9.17, 15) is 0 Å². The van der Waals surface area contributed by atoms with Crippen LogP contribution in [0.25, 0.3) is 22.0 Å². The van der Waals surface area contributed by atoms with Crippen LogP contribution in [-0.2, 0) is 0 Å². The normalized spacial score (nSPS) is 17.0. The van der Waals surface area contributed by atoms with Gasteiger partial charge in [0.15, 0.2) is 0 Å². The molecule has 0 saturated carbocycles. The molecule has 1 aliphatic heterocycles. The van der Waals surface area contributed by atoms with Crippen molar-refractivity contribution in [3.05, 3.63) is 95.7 Å². The third-order valence-corrected chi connectivity index (χ3v) is 6.44. The SMILES string of the molecule is C(=N\N1CCN(C2c3ccccc3-c3ccccc32)CC1)/c1c[nH]c2ccccc12. The number of hydrogen-bond acceptors (Lipinski definition) is 3. The van der Waals surface area contributed by atoms with Gasteiger partial charge < -0.3 is 4.98 Å². The Kier molecular flexibility index (Phi) is 4.17. The number of fused-ring (bicyclic) bond motifs is 4. The molecule has 2 heterocycles. The summed E-state index contributed by atoms with van der Waals surface area (Å²) in [6, 6.07) is 26.5. The number of nitrogens with one attached hydrogen (secondary N) is 1. The molecule has 1 aromatic heterocycles. The van der Waals surface area contributed by atoms with Crippen molar-refractivity contribution >= 4 is 17.1 Å². The monoisotopic (exact) mass is 392 g/mol. The maximum atomic E-state index is 4.79. The van der Waals surface area contributed by atoms with Gasteiger partial charge in [0.25, 0.3) is 0 Å². The van der Waals surface area contributed by atoms with E-state index < -0.39 is 0 Å². The molecule has 4 nitrogen and oxygen atoms in total. The van der Waals surface area contributed by atoms with Gasteiger partial charge in [-0.15, -0.1) is 0 Å². The summed E-state index contributed by atoms with van der Waals surface area (Å²) in [7, 11) is 0. The molecule has 2 aliphatic rings. The summed E-state index contributed by atoms with van der Waals surface area (Å²) in [6.45, 7) is 3.91. The first kappa shape index (κ1) is 17.5. The molecule has 3 aromatic carbocycles. The molecule has 0 bridgehead atoms. The highest BCUT2D eigenvalue weighted by Gasteiger charge is 2.33. The van der Waals surface area contributed by atoms with Gasteiger partial charge in [0.2, 0.25) is 0 Å². The summed E-state index contributed by atoms with van der Waals surface area (Å²) < 4.78 is 0. The van der Waals surface area contributed by atoms with E-state index in [1.54, 1.807) is 0 Å². The van der Waals surface area contributed by atoms with Gasteiger partial charge in [-0.25, -0.2) is 0 Å². The van der Waals surface area contributed by atoms with E-state index in [1.807, 2.05) is 12.4 Å². The second-order valence-corrected chi connectivity index (χ2v) is 8.10. The predicted octanol–water partition coefficient (Wildman–Crippen LogP) is 4.89. The quantitative estimate of drug-likeness (QED) is 0.504. The zero-order valence-corrected chi connectivity index (χ0v) is 16.8. The van der Waals surface area contributed by atoms with Crippen molar-refractivity contribution in [1.29, 1.82) is 0 Å². The first-order valence-corrected chi connectivity index (χ1v) is 10.7. The summed E-state index contributed by atoms with van der Waals surface area (Å²) in [6.07, 6.45) is 4.03. The molecule has 1 aliphatic carbocycles. The average Bonchev–Trinajstić information content (AvgIpc) is 3.37. The smallest absolute Gasteiger partial charge is 0.0615 e. The molecule has 30 heavy (non-hydrogen) atoms. The Bertz CT molecular complexity index is 1190. The zero-order chi connectivity index (χ0) is 19.9. The first-order chi connectivity index (χ1) is 14.9. The van der Waals surface area contributed by atoms with Crippen LogP contribution in [0.1, 0.15) is 22.7 Å². The largest absolute Gasteiger partial charge is 0.361 e. The van der Waals surface area contributed by atoms with E-state index in [0.29, 0.717) is 6.04 Å². The molecule has 148 valence electrons. The fourth-order valence-electron chi connectivity index (χ4n) is 4.95. The topological polar surface area (TPSA) is 34.6 Å². The Balaban J connectivity index is 1.20. The molecule has 4 heteroatoms. The molecule has 4 aromatic rings. The summed E-state index contributed by atoms with van der Waals surface area (Å²) >= 11 is 0. The predicted molar refractivity (Wildman–Crippen MR) is 123 cm³/mol. The van der Waals surface area contributed by atoms with Gasteiger partial charge in [0.1, 0.15) is 0 Å². The Labute approximate surface area is 176 Å². The van der Waals surface area contributed by atoms with Crippen molar-refractivity contribution in [3.8, 4) is 11.1 Å². The molecule has 0 radical (unpaired) electrons. The van der Waals surface area contributed by atoms with Crippen LogP contribution in [-0.4, -0.2) is 47.3 Å². The van der Waals surface area contributed by atoms with Crippen molar-refractivity contribution in [2.75, 3.05) is 26.2 Å². The maximum Gasteiger partial charge on any atom is 0.0615 e. The van der Waals surface area contributed by atoms with Crippen molar-refractivity contribution < 1.29 is 0 Å². The van der Waals surface area contributed by atoms with Crippen LogP contribution in [0.2, 0.25) is 0 Å². The molecule has 0 unspecified atom stereocenters. The Morgan fingerprint density at radius 3 is 2.13 bits per heavy atom. The molecule has 0 spiro atoms. The van der Waals surface area contributed by atoms with Gasteiger partial charge in [-0.3, -0.25) is 9.91 Å². The lowest BCUT2D eigenvalue weighted by molar-refractivity contribution is 0.114. The molecule has 1 N–H and O–H groups in total. The Morgan fingerprint density at radius 1 is 0.767 bits per heavy atom. The molecule has 6 rings (SSSR count). The van der Waals surface area contributed by atoms with Crippen LogP contribution in [0.4, 0.5) is 0 Å². The number of hydrazone groups is 1. The van der Waals surface area contributed by atoms with Crippen LogP contribution >= 0.6 is 0 Å². The number of nitrogens with zero attached hydrogens (tertiary/aromatic N) is 3. The maximum absolute atomic E-state index is 4.79. The second-order valence-electron chi connectivity index (χ2n) is 8.10. The fraction of sp³-hybridized carbons (Fsp3) is 0.192. The summed E-state index contributed by atoms with van der Waals surface area (Å²) in [5, 5.41) is 8.21. The lowest BCUT2D eigenvalue weighted by Gasteiger charge is -2.37. The van der Waals surface area contributed by atoms with Crippen LogP contribution in [0.5, 0.6) is 0 Å². The number of aromatic amines is 1. The van der Waals surface area contributed by atoms with Gasteiger partial charge in [-0.1, -0.05) is 66.7 Å². The average molecular weight is 393 g/mol. The number of H-pyrrole nitrogens is 1. The highest BCUT2D eigenvalue weighted by atomic mass is 15.5. The Hall–Kier alpha value is -3.37. The number of rotatable bonds is 3. The second kappa shape index (κ2) is 7.15. The molecular weight excluding hydrogens is 368 g/mol. The van der Waals surface area contributed by atoms with E-state index in [0.717, 1.165) is 37.3 Å². The third kappa shape index (κ3) is 2.84. The van der Waals surface area contributed by atoms with Crippen LogP contribution in [0.3, 0.4) is 0 Å².